The van der Waals surface area contributed by atoms with E-state index in [-0.39, 0.29) is 16.5 Å². The minimum absolute atomic E-state index is 0.0434. The first-order chi connectivity index (χ1) is 23.5. The molecule has 0 amide bonds. The number of aromatic amines is 1. The third kappa shape index (κ3) is 7.20. The van der Waals surface area contributed by atoms with Crippen molar-refractivity contribution in [3.8, 4) is 22.6 Å². The minimum atomic E-state index is -0.272. The maximum absolute atomic E-state index is 13.4. The molecule has 5 aromatic rings. The molecule has 7 rings (SSSR count). The number of ether oxygens (including phenoxy) is 1. The number of halogens is 1. The van der Waals surface area contributed by atoms with Gasteiger partial charge in [0.2, 0.25) is 0 Å². The molecule has 48 heavy (non-hydrogen) atoms. The molecule has 2 N–H and O–H groups in total. The molecule has 12 heteroatoms. The normalized spacial score (nSPS) is 18.8. The second-order valence-electron chi connectivity index (χ2n) is 12.6. The van der Waals surface area contributed by atoms with Gasteiger partial charge in [0.05, 0.1) is 29.1 Å². The van der Waals surface area contributed by atoms with Gasteiger partial charge in [-0.05, 0) is 86.2 Å². The van der Waals surface area contributed by atoms with Gasteiger partial charge in [0.1, 0.15) is 24.1 Å². The summed E-state index contributed by atoms with van der Waals surface area (Å²) in [5.74, 6) is 1.74. The number of aromatic nitrogens is 5. The molecule has 2 aliphatic heterocycles. The molecule has 0 unspecified atom stereocenters. The maximum Gasteiger partial charge on any atom is 0.160 e. The Morgan fingerprint density at radius 2 is 1.83 bits per heavy atom. The number of pyridine rings is 1. The predicted octanol–water partition coefficient (Wildman–Crippen LogP) is 5.90. The van der Waals surface area contributed by atoms with Gasteiger partial charge in [-0.3, -0.25) is 14.8 Å². The Balaban J connectivity index is 0.862. The number of benzene rings is 2. The van der Waals surface area contributed by atoms with Crippen LogP contribution < -0.4 is 10.2 Å². The molecular formula is C36H39FN8O2S. The summed E-state index contributed by atoms with van der Waals surface area (Å²) in [6, 6.07) is 18.2. The third-order valence-corrected chi connectivity index (χ3v) is 10.8. The highest BCUT2D eigenvalue weighted by atomic mass is 32.2. The highest BCUT2D eigenvalue weighted by molar-refractivity contribution is 8.00. The first kappa shape index (κ1) is 32.2. The Hall–Kier alpha value is -4.39. The van der Waals surface area contributed by atoms with Crippen molar-refractivity contribution in [1.29, 1.82) is 0 Å². The second-order valence-corrected chi connectivity index (χ2v) is 13.8. The number of carbonyl (C=O) groups is 1. The number of rotatable bonds is 12. The molecule has 0 bridgehead atoms. The number of nitrogens with one attached hydrogen (secondary N) is 2. The Kier molecular flexibility index (Phi) is 9.64. The van der Waals surface area contributed by atoms with E-state index in [0.717, 1.165) is 84.7 Å². The second kappa shape index (κ2) is 14.4. The first-order valence-corrected chi connectivity index (χ1v) is 17.6. The Morgan fingerprint density at radius 3 is 2.58 bits per heavy atom. The van der Waals surface area contributed by atoms with Crippen LogP contribution in [-0.2, 0) is 9.53 Å². The van der Waals surface area contributed by atoms with Crippen LogP contribution in [-0.4, -0.2) is 92.9 Å². The van der Waals surface area contributed by atoms with Gasteiger partial charge in [-0.15, -0.1) is 0 Å². The van der Waals surface area contributed by atoms with E-state index >= 15 is 0 Å². The van der Waals surface area contributed by atoms with E-state index in [2.05, 4.69) is 46.5 Å². The van der Waals surface area contributed by atoms with Crippen molar-refractivity contribution in [1.82, 2.24) is 30.0 Å². The lowest BCUT2D eigenvalue weighted by Gasteiger charge is -2.33. The summed E-state index contributed by atoms with van der Waals surface area (Å²) in [6.45, 7) is 4.84. The van der Waals surface area contributed by atoms with Gasteiger partial charge >= 0.3 is 0 Å². The average molecular weight is 667 g/mol. The summed E-state index contributed by atoms with van der Waals surface area (Å²) in [4.78, 5) is 31.2. The van der Waals surface area contributed by atoms with Gasteiger partial charge in [0.15, 0.2) is 5.82 Å². The van der Waals surface area contributed by atoms with Crippen molar-refractivity contribution >= 4 is 40.0 Å². The Morgan fingerprint density at radius 1 is 1.04 bits per heavy atom. The fourth-order valence-corrected chi connectivity index (χ4v) is 7.47. The number of piperidine rings is 1. The summed E-state index contributed by atoms with van der Waals surface area (Å²) >= 11 is 1.83. The lowest BCUT2D eigenvalue weighted by Crippen LogP contribution is -2.41. The number of ketones is 1. The molecule has 3 aromatic heterocycles. The van der Waals surface area contributed by atoms with Gasteiger partial charge < -0.3 is 15.0 Å². The van der Waals surface area contributed by atoms with E-state index in [1.54, 1.807) is 30.6 Å². The van der Waals surface area contributed by atoms with Crippen molar-refractivity contribution in [3.05, 3.63) is 85.1 Å². The number of hydrogen-bond acceptors (Lipinski definition) is 10. The fourth-order valence-electron chi connectivity index (χ4n) is 6.66. The van der Waals surface area contributed by atoms with Crippen molar-refractivity contribution < 1.29 is 13.9 Å². The van der Waals surface area contributed by atoms with E-state index in [1.807, 2.05) is 48.3 Å². The number of Topliss-reactive ketones (excluding diaryl/α,β-unsaturated/α-hetero) is 1. The van der Waals surface area contributed by atoms with Gasteiger partial charge in [0, 0.05) is 72.9 Å². The van der Waals surface area contributed by atoms with Gasteiger partial charge in [-0.1, -0.05) is 0 Å². The zero-order valence-corrected chi connectivity index (χ0v) is 27.8. The number of nitrogens with zero attached hydrogens (tertiary/aromatic N) is 6. The first-order valence-electron chi connectivity index (χ1n) is 16.3. The van der Waals surface area contributed by atoms with Crippen LogP contribution >= 0.6 is 11.8 Å². The number of anilines is 2. The third-order valence-electron chi connectivity index (χ3n) is 9.48. The molecule has 10 nitrogen and oxygen atoms in total. The molecule has 2 saturated heterocycles. The van der Waals surface area contributed by atoms with Crippen LogP contribution in [0.2, 0.25) is 0 Å². The van der Waals surface area contributed by atoms with Crippen LogP contribution in [0.4, 0.5) is 15.9 Å². The van der Waals surface area contributed by atoms with E-state index in [9.17, 15) is 9.18 Å². The van der Waals surface area contributed by atoms with Crippen LogP contribution in [0.5, 0.6) is 0 Å². The number of thioether (sulfide) groups is 1. The lowest BCUT2D eigenvalue weighted by molar-refractivity contribution is -0.124. The molecule has 0 aliphatic carbocycles. The van der Waals surface area contributed by atoms with E-state index < -0.39 is 0 Å². The van der Waals surface area contributed by atoms with Crippen LogP contribution in [0.25, 0.3) is 33.5 Å². The molecule has 0 spiro atoms. The number of fused-ring (bicyclic) bond motifs is 1. The molecule has 0 saturated carbocycles. The van der Waals surface area contributed by atoms with Crippen LogP contribution in [0.15, 0.2) is 79.3 Å². The molecule has 2 aromatic carbocycles. The summed E-state index contributed by atoms with van der Waals surface area (Å²) in [5, 5.41) is 11.8. The maximum atomic E-state index is 13.4. The molecule has 248 valence electrons. The summed E-state index contributed by atoms with van der Waals surface area (Å²) < 4.78 is 19.6. The van der Waals surface area contributed by atoms with E-state index in [1.165, 1.54) is 12.1 Å². The Bertz CT molecular complexity index is 1830. The number of carbonyl (C=O) groups excluding carboxylic acids is 1. The molecule has 5 heterocycles. The van der Waals surface area contributed by atoms with Crippen molar-refractivity contribution in [3.63, 3.8) is 0 Å². The quantitative estimate of drug-likeness (QED) is 0.123. The zero-order valence-electron chi connectivity index (χ0n) is 26.9. The monoisotopic (exact) mass is 666 g/mol. The summed E-state index contributed by atoms with van der Waals surface area (Å²) in [7, 11) is 0. The number of hydrogen-bond donors (Lipinski definition) is 2. The van der Waals surface area contributed by atoms with Gasteiger partial charge in [0.25, 0.3) is 0 Å². The van der Waals surface area contributed by atoms with E-state index in [0.29, 0.717) is 31.5 Å². The minimum Gasteiger partial charge on any atom is -0.363 e. The largest absolute Gasteiger partial charge is 0.363 e. The van der Waals surface area contributed by atoms with Crippen LogP contribution in [0.3, 0.4) is 0 Å². The molecule has 2 aliphatic rings. The standard InChI is InChI=1S/C36H39FN8O2S/c1-48-36(23-47-24-41-29-8-9-31-30(19-29)34(43-42-31)26-3-6-28(37)7-4-26)13-18-44(22-36)21-32(46)25-11-16-45(17-12-25)33-10-5-27(20-40-33)35-38-14-2-15-39-35/h2-10,14-15,19-20,25,41H,11-13,16-18,21-24H2,1H3,(H,42,43)/t36-/m0/s1. The van der Waals surface area contributed by atoms with Crippen molar-refractivity contribution in [2.75, 3.05) is 62.5 Å². The van der Waals surface area contributed by atoms with Crippen molar-refractivity contribution in [2.45, 2.75) is 24.0 Å². The number of H-pyrrole nitrogens is 1. The van der Waals surface area contributed by atoms with Gasteiger partial charge in [-0.25, -0.2) is 19.3 Å². The highest BCUT2D eigenvalue weighted by Crippen LogP contribution is 2.35. The predicted molar refractivity (Wildman–Crippen MR) is 188 cm³/mol. The highest BCUT2D eigenvalue weighted by Gasteiger charge is 2.39. The summed E-state index contributed by atoms with van der Waals surface area (Å²) in [5.41, 5.74) is 4.36. The smallest absolute Gasteiger partial charge is 0.160 e. The zero-order chi connectivity index (χ0) is 32.9. The van der Waals surface area contributed by atoms with Crippen LogP contribution in [0.1, 0.15) is 19.3 Å². The molecule has 0 radical (unpaired) electrons. The molecule has 1 atom stereocenters. The number of likely N-dealkylation sites (tertiary alicyclic amines) is 1. The lowest BCUT2D eigenvalue weighted by atomic mass is 9.92. The fraction of sp³-hybridized carbons (Fsp3) is 0.361. The topological polar surface area (TPSA) is 112 Å². The van der Waals surface area contributed by atoms with Crippen molar-refractivity contribution in [2.24, 2.45) is 5.92 Å². The van der Waals surface area contributed by atoms with Crippen LogP contribution in [0, 0.1) is 11.7 Å². The molecular weight excluding hydrogens is 628 g/mol. The van der Waals surface area contributed by atoms with E-state index in [4.69, 9.17) is 4.74 Å². The Labute approximate surface area is 283 Å². The van der Waals surface area contributed by atoms with Gasteiger partial charge in [-0.2, -0.15) is 16.9 Å². The average Bonchev–Trinajstić information content (AvgIpc) is 3.75. The SMILES string of the molecule is CS[C@@]1(COCNc2ccc3[nH]nc(-c4ccc(F)cc4)c3c2)CCN(CC(=O)C2CCN(c3ccc(-c4ncccn4)cn3)CC2)C1. The summed E-state index contributed by atoms with van der Waals surface area (Å²) in [6.07, 6.45) is 10.1. The molecule has 2 fully saturated rings.